The smallest absolute Gasteiger partial charge is 0.303 e. The van der Waals surface area contributed by atoms with Crippen molar-refractivity contribution in [1.82, 2.24) is 9.78 Å². The molecule has 4 heteroatoms. The van der Waals surface area contributed by atoms with Crippen molar-refractivity contribution in [3.8, 4) is 11.3 Å². The zero-order chi connectivity index (χ0) is 13.7. The van der Waals surface area contributed by atoms with Crippen LogP contribution in [0, 0.1) is 0 Å². The number of benzene rings is 1. The number of carboxylic acids is 1. The first-order valence-corrected chi connectivity index (χ1v) is 6.46. The molecular weight excluding hydrogens is 240 g/mol. The van der Waals surface area contributed by atoms with E-state index in [4.69, 9.17) is 5.11 Å². The Morgan fingerprint density at radius 2 is 2.16 bits per heavy atom. The van der Waals surface area contributed by atoms with Crippen LogP contribution in [0.1, 0.15) is 24.8 Å². The predicted molar refractivity (Wildman–Crippen MR) is 73.8 cm³/mol. The molecule has 0 aliphatic carbocycles. The second-order valence-corrected chi connectivity index (χ2v) is 4.64. The number of carbonyl (C=O) groups is 1. The fourth-order valence-corrected chi connectivity index (χ4v) is 2.15. The maximum atomic E-state index is 10.4. The Morgan fingerprint density at radius 3 is 2.84 bits per heavy atom. The number of nitrogens with zero attached hydrogens (tertiary/aromatic N) is 2. The molecule has 0 amide bonds. The molecule has 0 saturated heterocycles. The van der Waals surface area contributed by atoms with Gasteiger partial charge in [-0.2, -0.15) is 5.10 Å². The van der Waals surface area contributed by atoms with E-state index in [1.807, 2.05) is 23.9 Å². The Kier molecular flexibility index (Phi) is 4.34. The molecule has 0 radical (unpaired) electrons. The van der Waals surface area contributed by atoms with Crippen LogP contribution in [0.2, 0.25) is 0 Å². The van der Waals surface area contributed by atoms with Crippen molar-refractivity contribution in [2.75, 3.05) is 0 Å². The van der Waals surface area contributed by atoms with Crippen LogP contribution in [0.25, 0.3) is 11.3 Å². The standard InChI is InChI=1S/C15H18N2O2/c1-17-14(9-10-16-17)13-7-4-6-12(11-13)5-2-3-8-15(18)19/h4,6-7,9-11H,2-3,5,8H2,1H3,(H,18,19). The lowest BCUT2D eigenvalue weighted by Gasteiger charge is -2.05. The SMILES string of the molecule is Cn1nccc1-c1cccc(CCCCC(=O)O)c1. The highest BCUT2D eigenvalue weighted by Crippen LogP contribution is 2.20. The number of hydrogen-bond acceptors (Lipinski definition) is 2. The molecule has 100 valence electrons. The topological polar surface area (TPSA) is 55.1 Å². The van der Waals surface area contributed by atoms with Crippen molar-refractivity contribution in [3.63, 3.8) is 0 Å². The average molecular weight is 258 g/mol. The number of hydrogen-bond donors (Lipinski definition) is 1. The van der Waals surface area contributed by atoms with Crippen LogP contribution in [-0.2, 0) is 18.3 Å². The average Bonchev–Trinajstić information content (AvgIpc) is 2.81. The molecule has 1 heterocycles. The Hall–Kier alpha value is -2.10. The van der Waals surface area contributed by atoms with Crippen molar-refractivity contribution in [1.29, 1.82) is 0 Å². The minimum absolute atomic E-state index is 0.251. The lowest BCUT2D eigenvalue weighted by Crippen LogP contribution is -1.96. The van der Waals surface area contributed by atoms with Gasteiger partial charge < -0.3 is 5.11 Å². The fourth-order valence-electron chi connectivity index (χ4n) is 2.15. The van der Waals surface area contributed by atoms with E-state index in [-0.39, 0.29) is 6.42 Å². The third-order valence-electron chi connectivity index (χ3n) is 3.15. The van der Waals surface area contributed by atoms with E-state index in [0.29, 0.717) is 0 Å². The summed E-state index contributed by atoms with van der Waals surface area (Å²) in [5.41, 5.74) is 3.48. The molecule has 4 nitrogen and oxygen atoms in total. The third kappa shape index (κ3) is 3.68. The molecule has 19 heavy (non-hydrogen) atoms. The zero-order valence-corrected chi connectivity index (χ0v) is 11.0. The van der Waals surface area contributed by atoms with Crippen molar-refractivity contribution < 1.29 is 9.90 Å². The molecule has 1 aromatic carbocycles. The van der Waals surface area contributed by atoms with Gasteiger partial charge >= 0.3 is 5.97 Å². The van der Waals surface area contributed by atoms with Gasteiger partial charge in [0, 0.05) is 25.2 Å². The molecule has 2 rings (SSSR count). The van der Waals surface area contributed by atoms with Crippen LogP contribution in [0.3, 0.4) is 0 Å². The molecule has 2 aromatic rings. The molecule has 1 aromatic heterocycles. The lowest BCUT2D eigenvalue weighted by molar-refractivity contribution is -0.137. The number of unbranched alkanes of at least 4 members (excludes halogenated alkanes) is 1. The second-order valence-electron chi connectivity index (χ2n) is 4.64. The Bertz CT molecular complexity index is 561. The van der Waals surface area contributed by atoms with E-state index in [1.165, 1.54) is 5.56 Å². The van der Waals surface area contributed by atoms with Crippen molar-refractivity contribution in [2.24, 2.45) is 7.05 Å². The van der Waals surface area contributed by atoms with E-state index in [1.54, 1.807) is 6.20 Å². The van der Waals surface area contributed by atoms with Gasteiger partial charge in [-0.1, -0.05) is 18.2 Å². The summed E-state index contributed by atoms with van der Waals surface area (Å²) in [7, 11) is 1.93. The van der Waals surface area contributed by atoms with Gasteiger partial charge in [0.15, 0.2) is 0 Å². The van der Waals surface area contributed by atoms with E-state index < -0.39 is 5.97 Å². The first kappa shape index (κ1) is 13.3. The predicted octanol–water partition coefficient (Wildman–Crippen LogP) is 2.88. The highest BCUT2D eigenvalue weighted by atomic mass is 16.4. The first-order valence-electron chi connectivity index (χ1n) is 6.46. The summed E-state index contributed by atoms with van der Waals surface area (Å²) in [4.78, 5) is 10.4. The monoisotopic (exact) mass is 258 g/mol. The molecule has 0 aliphatic heterocycles. The first-order chi connectivity index (χ1) is 9.16. The van der Waals surface area contributed by atoms with Gasteiger partial charge in [-0.3, -0.25) is 9.48 Å². The van der Waals surface area contributed by atoms with Gasteiger partial charge in [-0.15, -0.1) is 0 Å². The van der Waals surface area contributed by atoms with E-state index in [9.17, 15) is 4.79 Å². The minimum atomic E-state index is -0.719. The molecule has 0 fully saturated rings. The normalized spacial score (nSPS) is 10.6. The highest BCUT2D eigenvalue weighted by molar-refractivity contribution is 5.66. The summed E-state index contributed by atoms with van der Waals surface area (Å²) >= 11 is 0. The fraction of sp³-hybridized carbons (Fsp3) is 0.333. The summed E-state index contributed by atoms with van der Waals surface area (Å²) in [6.07, 6.45) is 4.58. The highest BCUT2D eigenvalue weighted by Gasteiger charge is 2.03. The Labute approximate surface area is 112 Å². The van der Waals surface area contributed by atoms with E-state index in [2.05, 4.69) is 23.3 Å². The molecule has 0 bridgehead atoms. The largest absolute Gasteiger partial charge is 0.481 e. The van der Waals surface area contributed by atoms with Crippen molar-refractivity contribution in [2.45, 2.75) is 25.7 Å². The number of carboxylic acid groups (broad SMARTS) is 1. The Balaban J connectivity index is 2.00. The summed E-state index contributed by atoms with van der Waals surface area (Å²) < 4.78 is 1.85. The van der Waals surface area contributed by atoms with Gasteiger partial charge in [0.1, 0.15) is 0 Å². The van der Waals surface area contributed by atoms with Crippen molar-refractivity contribution >= 4 is 5.97 Å². The van der Waals surface area contributed by atoms with Gasteiger partial charge in [-0.05, 0) is 37.0 Å². The molecule has 0 aliphatic rings. The summed E-state index contributed by atoms with van der Waals surface area (Å²) in [5.74, 6) is -0.719. The third-order valence-corrected chi connectivity index (χ3v) is 3.15. The molecule has 1 N–H and O–H groups in total. The van der Waals surface area contributed by atoms with Crippen LogP contribution >= 0.6 is 0 Å². The lowest BCUT2D eigenvalue weighted by atomic mass is 10.0. The van der Waals surface area contributed by atoms with E-state index in [0.717, 1.165) is 30.5 Å². The quantitative estimate of drug-likeness (QED) is 0.810. The maximum absolute atomic E-state index is 10.4. The van der Waals surface area contributed by atoms with Gasteiger partial charge in [0.05, 0.1) is 5.69 Å². The second kappa shape index (κ2) is 6.18. The van der Waals surface area contributed by atoms with Crippen LogP contribution in [0.15, 0.2) is 36.5 Å². The number of aryl methyl sites for hydroxylation is 2. The van der Waals surface area contributed by atoms with Crippen molar-refractivity contribution in [3.05, 3.63) is 42.1 Å². The van der Waals surface area contributed by atoms with Crippen LogP contribution < -0.4 is 0 Å². The zero-order valence-electron chi connectivity index (χ0n) is 11.0. The van der Waals surface area contributed by atoms with E-state index >= 15 is 0 Å². The molecular formula is C15H18N2O2. The minimum Gasteiger partial charge on any atom is -0.481 e. The summed E-state index contributed by atoms with van der Waals surface area (Å²) in [6, 6.07) is 10.3. The molecule has 0 unspecified atom stereocenters. The number of rotatable bonds is 6. The summed E-state index contributed by atoms with van der Waals surface area (Å²) in [6.45, 7) is 0. The Morgan fingerprint density at radius 1 is 1.32 bits per heavy atom. The molecule has 0 saturated carbocycles. The maximum Gasteiger partial charge on any atom is 0.303 e. The summed E-state index contributed by atoms with van der Waals surface area (Å²) in [5, 5.41) is 12.8. The van der Waals surface area contributed by atoms with Crippen LogP contribution in [0.5, 0.6) is 0 Å². The van der Waals surface area contributed by atoms with Gasteiger partial charge in [0.2, 0.25) is 0 Å². The van der Waals surface area contributed by atoms with Gasteiger partial charge in [-0.25, -0.2) is 0 Å². The number of aliphatic carboxylic acids is 1. The molecule has 0 atom stereocenters. The van der Waals surface area contributed by atoms with Gasteiger partial charge in [0.25, 0.3) is 0 Å². The van der Waals surface area contributed by atoms with Crippen LogP contribution in [-0.4, -0.2) is 20.9 Å². The van der Waals surface area contributed by atoms with Crippen LogP contribution in [0.4, 0.5) is 0 Å². The molecule has 0 spiro atoms. The number of aromatic nitrogens is 2.